The lowest BCUT2D eigenvalue weighted by Crippen LogP contribution is -2.38. The Morgan fingerprint density at radius 3 is 2.44 bits per heavy atom. The number of anilines is 1. The maximum Gasteiger partial charge on any atom is 0.303 e. The number of carbonyl (C=O) groups is 2. The first-order valence-electron chi connectivity index (χ1n) is 9.30. The third-order valence-corrected chi connectivity index (χ3v) is 5.35. The highest BCUT2D eigenvalue weighted by Gasteiger charge is 2.42. The summed E-state index contributed by atoms with van der Waals surface area (Å²) in [5.41, 5.74) is 2.10. The lowest BCUT2D eigenvalue weighted by Gasteiger charge is -2.28. The Morgan fingerprint density at radius 2 is 1.81 bits per heavy atom. The Balaban J connectivity index is 1.79. The quantitative estimate of drug-likeness (QED) is 0.770. The normalized spacial score (nSPS) is 15.3. The summed E-state index contributed by atoms with van der Waals surface area (Å²) in [6.45, 7) is 0. The number of aryl methyl sites for hydroxylation is 1. The molecule has 2 aromatic carbocycles. The molecule has 0 saturated heterocycles. The van der Waals surface area contributed by atoms with E-state index in [0.29, 0.717) is 12.1 Å². The van der Waals surface area contributed by atoms with Gasteiger partial charge in [-0.2, -0.15) is 0 Å². The molecule has 3 rings (SSSR count). The Labute approximate surface area is 159 Å². The second-order valence-electron chi connectivity index (χ2n) is 7.07. The van der Waals surface area contributed by atoms with Gasteiger partial charge < -0.3 is 15.2 Å². The summed E-state index contributed by atoms with van der Waals surface area (Å²) in [6, 6.07) is 15.2. The Kier molecular flexibility index (Phi) is 5.79. The number of hydrogen-bond acceptors (Lipinski definition) is 3. The van der Waals surface area contributed by atoms with Crippen molar-refractivity contribution in [2.45, 2.75) is 43.9 Å². The average molecular weight is 367 g/mol. The number of carbonyl (C=O) groups excluding carboxylic acids is 1. The number of benzene rings is 2. The zero-order valence-corrected chi connectivity index (χ0v) is 15.5. The van der Waals surface area contributed by atoms with Gasteiger partial charge in [0, 0.05) is 12.1 Å². The first kappa shape index (κ1) is 19.0. The molecular weight excluding hydrogens is 342 g/mol. The van der Waals surface area contributed by atoms with Crippen LogP contribution in [0.5, 0.6) is 5.75 Å². The minimum absolute atomic E-state index is 0.000511. The number of aliphatic carboxylic acids is 1. The van der Waals surface area contributed by atoms with Crippen molar-refractivity contribution < 1.29 is 19.4 Å². The fourth-order valence-electron chi connectivity index (χ4n) is 3.84. The first-order chi connectivity index (χ1) is 13.0. The van der Waals surface area contributed by atoms with E-state index in [4.69, 9.17) is 9.84 Å². The van der Waals surface area contributed by atoms with E-state index in [-0.39, 0.29) is 12.3 Å². The second-order valence-corrected chi connectivity index (χ2v) is 7.07. The van der Waals surface area contributed by atoms with Crippen molar-refractivity contribution in [2.24, 2.45) is 0 Å². The Hall–Kier alpha value is -2.82. The van der Waals surface area contributed by atoms with Crippen LogP contribution in [0.15, 0.2) is 48.5 Å². The third kappa shape index (κ3) is 4.30. The van der Waals surface area contributed by atoms with Crippen LogP contribution >= 0.6 is 0 Å². The van der Waals surface area contributed by atoms with Crippen molar-refractivity contribution >= 4 is 17.6 Å². The van der Waals surface area contributed by atoms with Crippen molar-refractivity contribution in [1.29, 1.82) is 0 Å². The first-order valence-corrected chi connectivity index (χ1v) is 9.30. The number of rotatable bonds is 7. The summed E-state index contributed by atoms with van der Waals surface area (Å²) >= 11 is 0. The van der Waals surface area contributed by atoms with Crippen molar-refractivity contribution in [3.63, 3.8) is 0 Å². The summed E-state index contributed by atoms with van der Waals surface area (Å²) < 4.78 is 5.23. The van der Waals surface area contributed by atoms with Gasteiger partial charge in [0.15, 0.2) is 0 Å². The van der Waals surface area contributed by atoms with E-state index in [2.05, 4.69) is 5.32 Å². The van der Waals surface area contributed by atoms with Gasteiger partial charge in [0.1, 0.15) is 5.75 Å². The third-order valence-electron chi connectivity index (χ3n) is 5.35. The molecule has 27 heavy (non-hydrogen) atoms. The SMILES string of the molecule is COc1ccc(C2(C(=O)Nc3cccc(CCC(=O)O)c3)CCCC2)cc1. The minimum Gasteiger partial charge on any atom is -0.497 e. The number of carboxylic acid groups (broad SMARTS) is 1. The predicted octanol–water partition coefficient (Wildman–Crippen LogP) is 4.16. The van der Waals surface area contributed by atoms with Gasteiger partial charge in [0.25, 0.3) is 0 Å². The standard InChI is InChI=1S/C22H25NO4/c1-27-19-10-8-17(9-11-19)22(13-2-3-14-22)21(26)23-18-6-4-5-16(15-18)7-12-20(24)25/h4-6,8-11,15H,2-3,7,12-14H2,1H3,(H,23,26)(H,24,25). The summed E-state index contributed by atoms with van der Waals surface area (Å²) in [5, 5.41) is 11.9. The molecule has 0 radical (unpaired) electrons. The number of methoxy groups -OCH3 is 1. The Bertz CT molecular complexity index is 807. The number of hydrogen-bond donors (Lipinski definition) is 2. The van der Waals surface area contributed by atoms with Crippen LogP contribution < -0.4 is 10.1 Å². The fourth-order valence-corrected chi connectivity index (χ4v) is 3.84. The number of nitrogens with one attached hydrogen (secondary N) is 1. The molecule has 0 aromatic heterocycles. The van der Waals surface area contributed by atoms with E-state index in [1.54, 1.807) is 7.11 Å². The lowest BCUT2D eigenvalue weighted by atomic mass is 9.78. The monoisotopic (exact) mass is 367 g/mol. The van der Waals surface area contributed by atoms with Crippen LogP contribution in [0.3, 0.4) is 0 Å². The van der Waals surface area contributed by atoms with Gasteiger partial charge in [-0.3, -0.25) is 9.59 Å². The minimum atomic E-state index is -0.825. The molecule has 0 bridgehead atoms. The molecule has 142 valence electrons. The number of carboxylic acids is 1. The van der Waals surface area contributed by atoms with Gasteiger partial charge in [0.05, 0.1) is 12.5 Å². The molecule has 0 aliphatic heterocycles. The summed E-state index contributed by atoms with van der Waals surface area (Å²) in [5.74, 6) is -0.0483. The van der Waals surface area contributed by atoms with E-state index < -0.39 is 11.4 Å². The van der Waals surface area contributed by atoms with E-state index in [0.717, 1.165) is 42.6 Å². The van der Waals surface area contributed by atoms with Crippen LogP contribution in [0.1, 0.15) is 43.2 Å². The average Bonchev–Trinajstić information content (AvgIpc) is 3.18. The van der Waals surface area contributed by atoms with Gasteiger partial charge >= 0.3 is 5.97 Å². The Morgan fingerprint density at radius 1 is 1.11 bits per heavy atom. The largest absolute Gasteiger partial charge is 0.497 e. The van der Waals surface area contributed by atoms with Crippen LogP contribution in [0, 0.1) is 0 Å². The molecule has 0 heterocycles. The molecule has 1 amide bonds. The highest BCUT2D eigenvalue weighted by atomic mass is 16.5. The molecule has 0 atom stereocenters. The molecule has 1 fully saturated rings. The van der Waals surface area contributed by atoms with Crippen LogP contribution in [-0.4, -0.2) is 24.1 Å². The summed E-state index contributed by atoms with van der Waals surface area (Å²) in [7, 11) is 1.63. The highest BCUT2D eigenvalue weighted by Crippen LogP contribution is 2.42. The van der Waals surface area contributed by atoms with Crippen molar-refractivity contribution in [1.82, 2.24) is 0 Å². The summed E-state index contributed by atoms with van der Waals surface area (Å²) in [6.07, 6.45) is 4.22. The van der Waals surface area contributed by atoms with Crippen LogP contribution in [0.4, 0.5) is 5.69 Å². The fraction of sp³-hybridized carbons (Fsp3) is 0.364. The molecule has 1 saturated carbocycles. The molecule has 1 aliphatic carbocycles. The van der Waals surface area contributed by atoms with Gasteiger partial charge in [-0.25, -0.2) is 0 Å². The highest BCUT2D eigenvalue weighted by molar-refractivity contribution is 5.99. The van der Waals surface area contributed by atoms with Crippen molar-refractivity contribution in [3.05, 3.63) is 59.7 Å². The zero-order valence-electron chi connectivity index (χ0n) is 15.5. The van der Waals surface area contributed by atoms with Crippen LogP contribution in [-0.2, 0) is 21.4 Å². The second kappa shape index (κ2) is 8.25. The van der Waals surface area contributed by atoms with Crippen molar-refractivity contribution in [3.8, 4) is 5.75 Å². The summed E-state index contributed by atoms with van der Waals surface area (Å²) in [4.78, 5) is 24.0. The molecular formula is C22H25NO4. The molecule has 2 N–H and O–H groups in total. The van der Waals surface area contributed by atoms with E-state index in [9.17, 15) is 9.59 Å². The van der Waals surface area contributed by atoms with Gasteiger partial charge in [0.2, 0.25) is 5.91 Å². The maximum atomic E-state index is 13.2. The van der Waals surface area contributed by atoms with Gasteiger partial charge in [-0.1, -0.05) is 37.1 Å². The van der Waals surface area contributed by atoms with Crippen LogP contribution in [0.25, 0.3) is 0 Å². The van der Waals surface area contributed by atoms with Gasteiger partial charge in [-0.05, 0) is 54.7 Å². The lowest BCUT2D eigenvalue weighted by molar-refractivity contribution is -0.137. The predicted molar refractivity (Wildman–Crippen MR) is 104 cm³/mol. The smallest absolute Gasteiger partial charge is 0.303 e. The molecule has 0 unspecified atom stereocenters. The maximum absolute atomic E-state index is 13.2. The molecule has 5 nitrogen and oxygen atoms in total. The van der Waals surface area contributed by atoms with E-state index in [1.165, 1.54) is 0 Å². The molecule has 5 heteroatoms. The number of amides is 1. The van der Waals surface area contributed by atoms with Crippen molar-refractivity contribution in [2.75, 3.05) is 12.4 Å². The molecule has 2 aromatic rings. The molecule has 1 aliphatic rings. The topological polar surface area (TPSA) is 75.6 Å². The molecule has 0 spiro atoms. The van der Waals surface area contributed by atoms with E-state index >= 15 is 0 Å². The number of ether oxygens (including phenoxy) is 1. The van der Waals surface area contributed by atoms with Gasteiger partial charge in [-0.15, -0.1) is 0 Å². The zero-order chi connectivity index (χ0) is 19.3. The van der Waals surface area contributed by atoms with Crippen LogP contribution in [0.2, 0.25) is 0 Å². The van der Waals surface area contributed by atoms with E-state index in [1.807, 2.05) is 48.5 Å².